The number of hydrogen-bond donors (Lipinski definition) is 1. The van der Waals surface area contributed by atoms with Gasteiger partial charge in [-0.3, -0.25) is 4.98 Å². The Labute approximate surface area is 257 Å². The molecule has 0 atom stereocenters. The smallest absolute Gasteiger partial charge is 0.335 e. The van der Waals surface area contributed by atoms with Crippen molar-refractivity contribution < 1.29 is 19.4 Å². The molecule has 1 aliphatic heterocycles. The third kappa shape index (κ3) is 6.02. The van der Waals surface area contributed by atoms with Gasteiger partial charge >= 0.3 is 5.97 Å². The maximum Gasteiger partial charge on any atom is 0.335 e. The monoisotopic (exact) mass is 618 g/mol. The number of fused-ring (bicyclic) bond motifs is 1. The minimum absolute atomic E-state index is 0.221. The van der Waals surface area contributed by atoms with Crippen molar-refractivity contribution in [3.05, 3.63) is 112 Å². The molecule has 5 aromatic rings. The van der Waals surface area contributed by atoms with Crippen LogP contribution in [0.4, 0.5) is 0 Å². The van der Waals surface area contributed by atoms with Crippen molar-refractivity contribution >= 4 is 40.2 Å². The highest BCUT2D eigenvalue weighted by molar-refractivity contribution is 6.35. The van der Waals surface area contributed by atoms with Crippen molar-refractivity contribution in [2.75, 3.05) is 6.54 Å². The molecule has 0 bridgehead atoms. The second-order valence-corrected chi connectivity index (χ2v) is 11.0. The Morgan fingerprint density at radius 3 is 2.72 bits per heavy atom. The molecule has 10 nitrogen and oxygen atoms in total. The predicted octanol–water partition coefficient (Wildman–Crippen LogP) is 6.41. The van der Waals surface area contributed by atoms with Crippen molar-refractivity contribution in [2.45, 2.75) is 40.1 Å². The third-order valence-electron chi connectivity index (χ3n) is 7.38. The number of carboxylic acids is 1. The zero-order chi connectivity index (χ0) is 30.1. The summed E-state index contributed by atoms with van der Waals surface area (Å²) in [6.07, 6.45) is 5.31. The van der Waals surface area contributed by atoms with Gasteiger partial charge in [0.1, 0.15) is 29.7 Å². The molecule has 0 saturated heterocycles. The number of carboxylic acid groups (broad SMARTS) is 1. The summed E-state index contributed by atoms with van der Waals surface area (Å²) >= 11 is 12.2. The first-order valence-corrected chi connectivity index (χ1v) is 14.4. The average molecular weight is 620 g/mol. The largest absolute Gasteiger partial charge is 0.486 e. The van der Waals surface area contributed by atoms with E-state index in [0.29, 0.717) is 46.9 Å². The van der Waals surface area contributed by atoms with Crippen molar-refractivity contribution in [2.24, 2.45) is 0 Å². The molecule has 220 valence electrons. The molecule has 0 fully saturated rings. The number of rotatable bonds is 11. The van der Waals surface area contributed by atoms with Crippen LogP contribution in [0, 0.1) is 0 Å². The summed E-state index contributed by atoms with van der Waals surface area (Å²) in [6, 6.07) is 13.7. The number of nitrogens with zero attached hydrogens (tertiary/aromatic N) is 6. The SMILES string of the molecule is CCn1cncc1Cn1c(CN2CC(Oc3ccnc(COc4ccc(Cl)cc4Cl)c3)=C2C)nc2ccc(C(=O)O)cc21. The first-order chi connectivity index (χ1) is 20.8. The molecule has 43 heavy (non-hydrogen) atoms. The number of aromatic carboxylic acids is 1. The predicted molar refractivity (Wildman–Crippen MR) is 162 cm³/mol. The van der Waals surface area contributed by atoms with Crippen LogP contribution in [-0.2, 0) is 26.2 Å². The van der Waals surface area contributed by atoms with Crippen LogP contribution in [0.15, 0.2) is 78.7 Å². The summed E-state index contributed by atoms with van der Waals surface area (Å²) in [5.41, 5.74) is 4.43. The standard InChI is InChI=1S/C31H28Cl2N6O4/c1-3-37-18-34-13-23(37)14-39-27-10-20(31(40)41)4-6-26(27)36-30(39)16-38-15-29(19(38)2)43-24-8-9-35-22(12-24)17-42-28-7-5-21(32)11-25(28)33/h4-13,18H,3,14-17H2,1-2H3,(H,40,41). The fourth-order valence-electron chi connectivity index (χ4n) is 4.96. The zero-order valence-corrected chi connectivity index (χ0v) is 25.0. The first kappa shape index (κ1) is 28.6. The molecule has 0 unspecified atom stereocenters. The van der Waals surface area contributed by atoms with E-state index in [9.17, 15) is 9.90 Å². The van der Waals surface area contributed by atoms with Gasteiger partial charge in [-0.2, -0.15) is 0 Å². The minimum Gasteiger partial charge on any atom is -0.486 e. The first-order valence-electron chi connectivity index (χ1n) is 13.7. The molecule has 2 aromatic carbocycles. The fraction of sp³-hybridized carbons (Fsp3) is 0.226. The van der Waals surface area contributed by atoms with Gasteiger partial charge in [-0.1, -0.05) is 23.2 Å². The second-order valence-electron chi connectivity index (χ2n) is 10.1. The summed E-state index contributed by atoms with van der Waals surface area (Å²) in [7, 11) is 0. The van der Waals surface area contributed by atoms with E-state index >= 15 is 0 Å². The molecule has 3 aromatic heterocycles. The highest BCUT2D eigenvalue weighted by Gasteiger charge is 2.27. The molecular formula is C31H28Cl2N6O4. The van der Waals surface area contributed by atoms with Crippen LogP contribution < -0.4 is 9.47 Å². The molecule has 0 saturated carbocycles. The van der Waals surface area contributed by atoms with Crippen molar-refractivity contribution in [1.29, 1.82) is 0 Å². The van der Waals surface area contributed by atoms with Crippen LogP contribution in [0.25, 0.3) is 11.0 Å². The summed E-state index contributed by atoms with van der Waals surface area (Å²) < 4.78 is 16.2. The Bertz CT molecular complexity index is 1860. The number of ether oxygens (including phenoxy) is 2. The topological polar surface area (TPSA) is 108 Å². The average Bonchev–Trinajstić information content (AvgIpc) is 3.59. The Balaban J connectivity index is 1.18. The lowest BCUT2D eigenvalue weighted by Gasteiger charge is -2.36. The van der Waals surface area contributed by atoms with E-state index in [-0.39, 0.29) is 12.2 Å². The summed E-state index contributed by atoms with van der Waals surface area (Å²) in [5, 5.41) is 10.6. The molecule has 6 rings (SSSR count). The Morgan fingerprint density at radius 1 is 1.09 bits per heavy atom. The molecule has 0 aliphatic carbocycles. The lowest BCUT2D eigenvalue weighted by Crippen LogP contribution is -2.37. The van der Waals surface area contributed by atoms with Gasteiger partial charge in [-0.05, 0) is 56.3 Å². The maximum atomic E-state index is 11.7. The molecule has 4 heterocycles. The lowest BCUT2D eigenvalue weighted by atomic mass is 10.2. The van der Waals surface area contributed by atoms with Crippen molar-refractivity contribution in [1.82, 2.24) is 29.0 Å². The summed E-state index contributed by atoms with van der Waals surface area (Å²) in [6.45, 7) is 6.72. The molecule has 0 amide bonds. The van der Waals surface area contributed by atoms with E-state index in [4.69, 9.17) is 37.7 Å². The van der Waals surface area contributed by atoms with Gasteiger partial charge in [0.15, 0.2) is 0 Å². The zero-order valence-electron chi connectivity index (χ0n) is 23.5. The number of halogens is 2. The van der Waals surface area contributed by atoms with Gasteiger partial charge in [-0.15, -0.1) is 0 Å². The quantitative estimate of drug-likeness (QED) is 0.181. The van der Waals surface area contributed by atoms with Crippen molar-refractivity contribution in [3.8, 4) is 11.5 Å². The van der Waals surface area contributed by atoms with E-state index in [2.05, 4.69) is 30.9 Å². The number of allylic oxidation sites excluding steroid dienone is 1. The van der Waals surface area contributed by atoms with Crippen LogP contribution in [-0.4, -0.2) is 46.6 Å². The van der Waals surface area contributed by atoms with Crippen LogP contribution in [0.5, 0.6) is 11.5 Å². The number of aromatic nitrogens is 5. The molecule has 1 N–H and O–H groups in total. The highest BCUT2D eigenvalue weighted by atomic mass is 35.5. The molecule has 0 radical (unpaired) electrons. The van der Waals surface area contributed by atoms with E-state index in [1.54, 1.807) is 55.0 Å². The third-order valence-corrected chi connectivity index (χ3v) is 7.91. The molecule has 12 heteroatoms. The van der Waals surface area contributed by atoms with Gasteiger partial charge in [0.25, 0.3) is 0 Å². The van der Waals surface area contributed by atoms with Crippen LogP contribution in [0.2, 0.25) is 10.0 Å². The number of imidazole rings is 2. The second kappa shape index (κ2) is 12.0. The van der Waals surface area contributed by atoms with Crippen LogP contribution in [0.3, 0.4) is 0 Å². The van der Waals surface area contributed by atoms with Crippen molar-refractivity contribution in [3.63, 3.8) is 0 Å². The van der Waals surface area contributed by atoms with Crippen LogP contribution in [0.1, 0.15) is 41.4 Å². The van der Waals surface area contributed by atoms with Gasteiger partial charge in [-0.25, -0.2) is 14.8 Å². The van der Waals surface area contributed by atoms with Gasteiger partial charge < -0.3 is 28.6 Å². The van der Waals surface area contributed by atoms with Gasteiger partial charge in [0, 0.05) is 30.0 Å². The number of hydrogen-bond acceptors (Lipinski definition) is 7. The Morgan fingerprint density at radius 2 is 1.95 bits per heavy atom. The highest BCUT2D eigenvalue weighted by Crippen LogP contribution is 2.31. The lowest BCUT2D eigenvalue weighted by molar-refractivity contribution is 0.0697. The molecule has 1 aliphatic rings. The minimum atomic E-state index is -0.974. The number of carbonyl (C=O) groups is 1. The Hall–Kier alpha value is -4.54. The van der Waals surface area contributed by atoms with Crippen LogP contribution >= 0.6 is 23.2 Å². The number of aryl methyl sites for hydroxylation is 1. The van der Waals surface area contributed by atoms with Gasteiger partial charge in [0.2, 0.25) is 0 Å². The molecule has 0 spiro atoms. The summed E-state index contributed by atoms with van der Waals surface area (Å²) in [4.78, 5) is 27.4. The summed E-state index contributed by atoms with van der Waals surface area (Å²) in [5.74, 6) is 1.88. The number of pyridine rings is 1. The Kier molecular flexibility index (Phi) is 7.96. The van der Waals surface area contributed by atoms with Gasteiger partial charge in [0.05, 0.1) is 64.7 Å². The van der Waals surface area contributed by atoms with E-state index in [1.165, 1.54) is 0 Å². The normalized spacial score (nSPS) is 13.0. The maximum absolute atomic E-state index is 11.7. The van der Waals surface area contributed by atoms with E-state index < -0.39 is 5.97 Å². The number of benzene rings is 2. The fourth-order valence-corrected chi connectivity index (χ4v) is 5.42. The van der Waals surface area contributed by atoms with E-state index in [0.717, 1.165) is 40.6 Å². The molecular weight excluding hydrogens is 591 g/mol. The van der Waals surface area contributed by atoms with E-state index in [1.807, 2.05) is 19.2 Å².